The Bertz CT molecular complexity index is 1330. The van der Waals surface area contributed by atoms with E-state index < -0.39 is 31.6 Å². The quantitative estimate of drug-likeness (QED) is 0.188. The van der Waals surface area contributed by atoms with E-state index in [1.807, 2.05) is 30.3 Å². The van der Waals surface area contributed by atoms with E-state index in [1.54, 1.807) is 39.2 Å². The van der Waals surface area contributed by atoms with Gasteiger partial charge in [0.1, 0.15) is 0 Å². The number of benzene rings is 1. The number of rotatable bonds is 11. The van der Waals surface area contributed by atoms with Crippen LogP contribution in [0.4, 0.5) is 10.2 Å². The number of carbonyl (C=O) groups is 1. The summed E-state index contributed by atoms with van der Waals surface area (Å²) in [4.78, 5) is 24.5. The van der Waals surface area contributed by atoms with E-state index in [0.29, 0.717) is 6.42 Å². The number of carbonyl (C=O) groups excluding carboxylic acids is 1. The van der Waals surface area contributed by atoms with Crippen LogP contribution in [0.2, 0.25) is 4.82 Å². The maximum absolute atomic E-state index is 14.5. The summed E-state index contributed by atoms with van der Waals surface area (Å²) in [5.41, 5.74) is -0.299. The summed E-state index contributed by atoms with van der Waals surface area (Å²) in [6.07, 6.45) is -0.607. The molecule has 4 rings (SSSR count). The average Bonchev–Trinajstić information content (AvgIpc) is 3.47. The van der Waals surface area contributed by atoms with Crippen LogP contribution in [0, 0.1) is 11.5 Å². The van der Waals surface area contributed by atoms with Crippen LogP contribution in [0.5, 0.6) is 0 Å². The molecular formula is C25H33FN5O6PSe. The first-order valence-corrected chi connectivity index (χ1v) is 16.2. The Morgan fingerprint density at radius 2 is 1.90 bits per heavy atom. The van der Waals surface area contributed by atoms with Crippen LogP contribution < -0.4 is 9.78 Å². The number of hydrogen-bond acceptors (Lipinski definition) is 9. The van der Waals surface area contributed by atoms with Gasteiger partial charge in [-0.2, -0.15) is 0 Å². The summed E-state index contributed by atoms with van der Waals surface area (Å²) in [6, 6.07) is 9.96. The zero-order valence-electron chi connectivity index (χ0n) is 22.5. The van der Waals surface area contributed by atoms with Crippen molar-refractivity contribution in [3.05, 3.63) is 42.7 Å². The summed E-state index contributed by atoms with van der Waals surface area (Å²) in [5, 5.41) is 2.65. The van der Waals surface area contributed by atoms with E-state index >= 15 is 0 Å². The van der Waals surface area contributed by atoms with Gasteiger partial charge in [0.15, 0.2) is 0 Å². The number of halogens is 1. The Morgan fingerprint density at radius 3 is 2.54 bits per heavy atom. The molecule has 3 atom stereocenters. The van der Waals surface area contributed by atoms with E-state index in [9.17, 15) is 13.8 Å². The van der Waals surface area contributed by atoms with Crippen LogP contribution in [0.1, 0.15) is 47.3 Å². The van der Waals surface area contributed by atoms with Crippen molar-refractivity contribution in [3.63, 3.8) is 0 Å². The van der Waals surface area contributed by atoms with Crippen molar-refractivity contribution in [2.45, 2.75) is 58.4 Å². The van der Waals surface area contributed by atoms with Gasteiger partial charge in [-0.3, -0.25) is 0 Å². The predicted molar refractivity (Wildman–Crippen MR) is 144 cm³/mol. The molecule has 0 saturated carbocycles. The molecule has 1 saturated heterocycles. The third kappa shape index (κ3) is 7.29. The summed E-state index contributed by atoms with van der Waals surface area (Å²) in [7, 11) is -3.47. The number of fused-ring (bicyclic) bond motifs is 1. The molecule has 212 valence electrons. The Hall–Kier alpha value is -2.24. The number of amides is 1. The third-order valence-corrected chi connectivity index (χ3v) is 10.1. The van der Waals surface area contributed by atoms with E-state index in [0.717, 1.165) is 4.46 Å². The maximum atomic E-state index is 14.5. The number of anilines is 1. The van der Waals surface area contributed by atoms with Crippen molar-refractivity contribution >= 4 is 49.9 Å². The first-order chi connectivity index (χ1) is 18.5. The van der Waals surface area contributed by atoms with Crippen LogP contribution in [-0.2, 0) is 27.9 Å². The van der Waals surface area contributed by atoms with Gasteiger partial charge >= 0.3 is 233 Å². The molecule has 1 fully saturated rings. The summed E-state index contributed by atoms with van der Waals surface area (Å²) >= 11 is -0.0651. The Morgan fingerprint density at radius 1 is 1.21 bits per heavy atom. The number of nitrogens with zero attached hydrogens (tertiary/aromatic N) is 4. The number of imidazole rings is 1. The molecule has 0 spiro atoms. The molecule has 39 heavy (non-hydrogen) atoms. The Balaban J connectivity index is 1.61. The summed E-state index contributed by atoms with van der Waals surface area (Å²) in [6.45, 7) is 9.13. The van der Waals surface area contributed by atoms with Crippen molar-refractivity contribution in [3.8, 4) is 0 Å². The topological polar surface area (TPSA) is 127 Å². The molecule has 3 aromatic rings. The fraction of sp³-hybridized carbons (Fsp3) is 0.520. The fourth-order valence-electron chi connectivity index (χ4n) is 3.86. The van der Waals surface area contributed by atoms with E-state index in [1.165, 1.54) is 6.33 Å². The van der Waals surface area contributed by atoms with Gasteiger partial charge in [0.25, 0.3) is 0 Å². The van der Waals surface area contributed by atoms with Crippen LogP contribution in [0.3, 0.4) is 0 Å². The monoisotopic (exact) mass is 629 g/mol. The molecule has 14 heteroatoms. The van der Waals surface area contributed by atoms with Gasteiger partial charge in [0.2, 0.25) is 0 Å². The fourth-order valence-corrected chi connectivity index (χ4v) is 7.68. The molecule has 0 radical (unpaired) electrons. The number of hydrogen-bond donors (Lipinski definition) is 1. The molecule has 1 aliphatic heterocycles. The van der Waals surface area contributed by atoms with Gasteiger partial charge in [0.05, 0.1) is 0 Å². The van der Waals surface area contributed by atoms with Gasteiger partial charge in [-0.1, -0.05) is 0 Å². The first kappa shape index (κ1) is 29.7. The van der Waals surface area contributed by atoms with Crippen LogP contribution in [0.25, 0.3) is 11.2 Å². The minimum absolute atomic E-state index is 0.0126. The van der Waals surface area contributed by atoms with Gasteiger partial charge < -0.3 is 0 Å². The van der Waals surface area contributed by atoms with E-state index in [2.05, 4.69) is 20.3 Å². The second kappa shape index (κ2) is 12.5. The van der Waals surface area contributed by atoms with Gasteiger partial charge in [0, 0.05) is 0 Å². The summed E-state index contributed by atoms with van der Waals surface area (Å²) < 4.78 is 53.3. The minimum atomic E-state index is -3.47. The molecule has 2 aromatic heterocycles. The second-order valence-corrected chi connectivity index (χ2v) is 14.5. The average molecular weight is 629 g/mol. The number of aromatic nitrogens is 4. The predicted octanol–water partition coefficient (Wildman–Crippen LogP) is 4.25. The van der Waals surface area contributed by atoms with Crippen molar-refractivity contribution < 1.29 is 32.3 Å². The third-order valence-electron chi connectivity index (χ3n) is 5.73. The Kier molecular flexibility index (Phi) is 9.54. The van der Waals surface area contributed by atoms with Gasteiger partial charge in [-0.15, -0.1) is 0 Å². The van der Waals surface area contributed by atoms with Crippen molar-refractivity contribution in [2.75, 3.05) is 24.9 Å². The zero-order valence-corrected chi connectivity index (χ0v) is 25.1. The second-order valence-electron chi connectivity index (χ2n) is 9.78. The molecule has 0 bridgehead atoms. The normalized spacial score (nSPS) is 20.0. The summed E-state index contributed by atoms with van der Waals surface area (Å²) in [5.74, 6) is -0.345. The van der Waals surface area contributed by atoms with E-state index in [-0.39, 0.29) is 62.2 Å². The molecular weight excluding hydrogens is 595 g/mol. The molecule has 1 N–H and O–H groups in total. The van der Waals surface area contributed by atoms with Crippen LogP contribution in [-0.4, -0.2) is 66.2 Å². The van der Waals surface area contributed by atoms with E-state index in [4.69, 9.17) is 18.5 Å². The molecule has 1 aliphatic rings. The standard InChI is InChI=1S/C25H33FN5O6PSe/c1-6-35-38(33,36-7-2)15-34-22-17(39-16-11-9-8-10-12-16)13-18(37-22)31-14-27-19-20(28-23(32)25(3,4)5)29-24(26)30-21(19)31/h8-12,14,17-18,22H,6-7,13,15H2,1-5H3,(H,28,29,30,32)/t17-,18+,22-/m0/s1. The molecule has 3 heterocycles. The Labute approximate surface area is 232 Å². The SMILES string of the molecule is CCOP(=O)(CO[C@H]1O[C@@H](n2cnc3c(NC(=O)C(C)(C)C)nc(F)nc32)C[C@@H]1[Se]c1ccccc1)OCC. The molecule has 1 aromatic carbocycles. The number of ether oxygens (including phenoxy) is 2. The number of nitrogens with one attached hydrogen (secondary N) is 1. The van der Waals surface area contributed by atoms with Crippen LogP contribution in [0.15, 0.2) is 36.7 Å². The molecule has 0 unspecified atom stereocenters. The van der Waals surface area contributed by atoms with Crippen molar-refractivity contribution in [1.29, 1.82) is 0 Å². The van der Waals surface area contributed by atoms with Crippen molar-refractivity contribution in [1.82, 2.24) is 19.5 Å². The molecule has 11 nitrogen and oxygen atoms in total. The van der Waals surface area contributed by atoms with Gasteiger partial charge in [-0.25, -0.2) is 0 Å². The first-order valence-electron chi connectivity index (χ1n) is 12.6. The molecule has 0 aliphatic carbocycles. The van der Waals surface area contributed by atoms with Gasteiger partial charge in [-0.05, 0) is 0 Å². The van der Waals surface area contributed by atoms with Crippen molar-refractivity contribution in [2.24, 2.45) is 5.41 Å². The van der Waals surface area contributed by atoms with Crippen LogP contribution >= 0.6 is 7.60 Å². The molecule has 1 amide bonds. The zero-order chi connectivity index (χ0) is 28.2.